The van der Waals surface area contributed by atoms with Crippen LogP contribution >= 0.6 is 12.4 Å². The van der Waals surface area contributed by atoms with Gasteiger partial charge in [0, 0.05) is 23.5 Å². The van der Waals surface area contributed by atoms with Gasteiger partial charge in [0.05, 0.1) is 29.7 Å². The summed E-state index contributed by atoms with van der Waals surface area (Å²) in [6.07, 6.45) is -0.696. The molecule has 0 unspecified atom stereocenters. The first-order valence-electron chi connectivity index (χ1n) is 8.26. The lowest BCUT2D eigenvalue weighted by Crippen LogP contribution is -2.28. The number of fused-ring (bicyclic) bond motifs is 3. The van der Waals surface area contributed by atoms with E-state index in [0.717, 1.165) is 6.20 Å². The number of halogens is 4. The van der Waals surface area contributed by atoms with E-state index in [4.69, 9.17) is 4.74 Å². The van der Waals surface area contributed by atoms with Crippen molar-refractivity contribution in [2.24, 2.45) is 0 Å². The molecule has 0 fully saturated rings. The Morgan fingerprint density at radius 1 is 1.27 bits per heavy atom. The molecule has 0 aliphatic carbocycles. The second-order valence-corrected chi connectivity index (χ2v) is 6.15. The smallest absolute Gasteiger partial charge is 0.406 e. The zero-order chi connectivity index (χ0) is 20.8. The average molecular weight is 440 g/mol. The van der Waals surface area contributed by atoms with Gasteiger partial charge in [-0.25, -0.2) is 9.78 Å². The van der Waals surface area contributed by atoms with E-state index in [1.807, 2.05) is 0 Å². The summed E-state index contributed by atoms with van der Waals surface area (Å²) in [5.41, 5.74) is 0.0641. The number of alkyl halides is 3. The van der Waals surface area contributed by atoms with E-state index in [0.29, 0.717) is 15.7 Å². The van der Waals surface area contributed by atoms with Crippen molar-refractivity contribution < 1.29 is 22.7 Å². The zero-order valence-corrected chi connectivity index (χ0v) is 16.0. The van der Waals surface area contributed by atoms with Crippen molar-refractivity contribution in [3.63, 3.8) is 0 Å². The van der Waals surface area contributed by atoms with E-state index in [9.17, 15) is 22.8 Å². The number of carbonyl (C=O) groups excluding carboxylic acids is 1. The highest BCUT2D eigenvalue weighted by molar-refractivity contribution is 6.02. The first-order chi connectivity index (χ1) is 13.8. The molecular formula is C18H13ClF3N5O3. The van der Waals surface area contributed by atoms with Gasteiger partial charge in [-0.05, 0) is 12.1 Å². The Morgan fingerprint density at radius 2 is 2.03 bits per heavy atom. The monoisotopic (exact) mass is 439 g/mol. The molecular weight excluding hydrogens is 427 g/mol. The normalized spacial score (nSPS) is 11.5. The van der Waals surface area contributed by atoms with Crippen LogP contribution in [-0.4, -0.2) is 44.0 Å². The van der Waals surface area contributed by atoms with Gasteiger partial charge >= 0.3 is 12.1 Å². The highest BCUT2D eigenvalue weighted by atomic mass is 35.5. The third-order valence-electron chi connectivity index (χ3n) is 4.34. The van der Waals surface area contributed by atoms with E-state index in [2.05, 4.69) is 20.2 Å². The number of ether oxygens (including phenoxy) is 1. The Hall–Kier alpha value is -3.47. The molecule has 4 rings (SSSR count). The molecule has 8 nitrogen and oxygen atoms in total. The first kappa shape index (κ1) is 21.2. The third kappa shape index (κ3) is 3.59. The van der Waals surface area contributed by atoms with Crippen LogP contribution < -0.4 is 5.56 Å². The SMILES string of the molecule is COC(=O)c1ncccc1-c1cnc2c3[nH]ncc3c(=O)n(CC(F)(F)F)c2c1.Cl. The van der Waals surface area contributed by atoms with Crippen molar-refractivity contribution in [3.05, 3.63) is 52.8 Å². The Bertz CT molecular complexity index is 1320. The fourth-order valence-corrected chi connectivity index (χ4v) is 3.12. The van der Waals surface area contributed by atoms with Gasteiger partial charge in [0.25, 0.3) is 5.56 Å². The molecule has 12 heteroatoms. The highest BCUT2D eigenvalue weighted by Gasteiger charge is 2.30. The van der Waals surface area contributed by atoms with Crippen LogP contribution in [0.2, 0.25) is 0 Å². The van der Waals surface area contributed by atoms with E-state index in [1.165, 1.54) is 25.6 Å². The molecule has 0 amide bonds. The maximum Gasteiger partial charge on any atom is 0.406 e. The Balaban J connectivity index is 0.00000256. The standard InChI is InChI=1S/C18H12F3N5O3.ClH/c1-29-17(28)14-10(3-2-4-22-14)9-5-12-15(23-6-9)13-11(7-24-25-13)16(27)26(12)8-18(19,20)21;/h2-7H,8H2,1H3,(H,24,25);1H. The van der Waals surface area contributed by atoms with Crippen LogP contribution in [0.15, 0.2) is 41.6 Å². The molecule has 0 saturated heterocycles. The van der Waals surface area contributed by atoms with Crippen LogP contribution in [0.25, 0.3) is 33.1 Å². The summed E-state index contributed by atoms with van der Waals surface area (Å²) >= 11 is 0. The highest BCUT2D eigenvalue weighted by Crippen LogP contribution is 2.28. The number of nitrogens with one attached hydrogen (secondary N) is 1. The quantitative estimate of drug-likeness (QED) is 0.492. The van der Waals surface area contributed by atoms with Crippen molar-refractivity contribution in [2.75, 3.05) is 7.11 Å². The summed E-state index contributed by atoms with van der Waals surface area (Å²) in [5, 5.41) is 6.34. The van der Waals surface area contributed by atoms with Gasteiger partial charge in [-0.15, -0.1) is 12.4 Å². The van der Waals surface area contributed by atoms with Crippen LogP contribution in [0.3, 0.4) is 0 Å². The summed E-state index contributed by atoms with van der Waals surface area (Å²) in [4.78, 5) is 32.9. The van der Waals surface area contributed by atoms with Gasteiger partial charge < -0.3 is 4.74 Å². The fourth-order valence-electron chi connectivity index (χ4n) is 3.12. The minimum atomic E-state index is -4.63. The molecule has 0 saturated carbocycles. The molecule has 0 aliphatic rings. The summed E-state index contributed by atoms with van der Waals surface area (Å²) < 4.78 is 44.7. The number of hydrogen-bond donors (Lipinski definition) is 1. The third-order valence-corrected chi connectivity index (χ3v) is 4.34. The van der Waals surface area contributed by atoms with Crippen molar-refractivity contribution in [1.82, 2.24) is 24.7 Å². The number of aromatic nitrogens is 5. The van der Waals surface area contributed by atoms with Crippen LogP contribution in [0.5, 0.6) is 0 Å². The van der Waals surface area contributed by atoms with Crippen LogP contribution in [-0.2, 0) is 11.3 Å². The van der Waals surface area contributed by atoms with Gasteiger partial charge in [-0.3, -0.25) is 19.4 Å². The average Bonchev–Trinajstić information content (AvgIpc) is 3.19. The molecule has 0 atom stereocenters. The van der Waals surface area contributed by atoms with Crippen LogP contribution in [0, 0.1) is 0 Å². The van der Waals surface area contributed by atoms with Crippen molar-refractivity contribution in [1.29, 1.82) is 0 Å². The molecule has 0 radical (unpaired) electrons. The van der Waals surface area contributed by atoms with E-state index in [1.54, 1.807) is 12.1 Å². The van der Waals surface area contributed by atoms with Crippen molar-refractivity contribution in [3.8, 4) is 11.1 Å². The lowest BCUT2D eigenvalue weighted by Gasteiger charge is -2.14. The van der Waals surface area contributed by atoms with E-state index < -0.39 is 24.2 Å². The molecule has 0 bridgehead atoms. The minimum absolute atomic E-state index is 0. The lowest BCUT2D eigenvalue weighted by molar-refractivity contribution is -0.140. The number of nitrogens with zero attached hydrogens (tertiary/aromatic N) is 4. The molecule has 1 N–H and O–H groups in total. The van der Waals surface area contributed by atoms with Gasteiger partial charge in [-0.1, -0.05) is 6.07 Å². The number of H-pyrrole nitrogens is 1. The molecule has 0 spiro atoms. The molecule has 4 aromatic heterocycles. The maximum atomic E-state index is 13.1. The van der Waals surface area contributed by atoms with Crippen molar-refractivity contribution in [2.45, 2.75) is 12.7 Å². The molecule has 0 aliphatic heterocycles. The largest absolute Gasteiger partial charge is 0.464 e. The molecule has 156 valence electrons. The number of pyridine rings is 3. The molecule has 0 aromatic carbocycles. The summed E-state index contributed by atoms with van der Waals surface area (Å²) in [6, 6.07) is 4.48. The second-order valence-electron chi connectivity index (χ2n) is 6.15. The van der Waals surface area contributed by atoms with Gasteiger partial charge in [0.1, 0.15) is 12.1 Å². The van der Waals surface area contributed by atoms with E-state index >= 15 is 0 Å². The van der Waals surface area contributed by atoms with Crippen LogP contribution in [0.1, 0.15) is 10.5 Å². The summed E-state index contributed by atoms with van der Waals surface area (Å²) in [5.74, 6) is -0.711. The number of methoxy groups -OCH3 is 1. The number of carbonyl (C=O) groups is 1. The lowest BCUT2D eigenvalue weighted by atomic mass is 10.0. The topological polar surface area (TPSA) is 103 Å². The molecule has 4 heterocycles. The number of hydrogen-bond acceptors (Lipinski definition) is 6. The Labute approximate surface area is 172 Å². The Morgan fingerprint density at radius 3 is 2.73 bits per heavy atom. The van der Waals surface area contributed by atoms with Gasteiger partial charge in [0.15, 0.2) is 5.69 Å². The predicted molar refractivity (Wildman–Crippen MR) is 104 cm³/mol. The zero-order valence-electron chi connectivity index (χ0n) is 15.2. The van der Waals surface area contributed by atoms with Crippen molar-refractivity contribution >= 4 is 40.3 Å². The van der Waals surface area contributed by atoms with E-state index in [-0.39, 0.29) is 40.0 Å². The second kappa shape index (κ2) is 7.75. The predicted octanol–water partition coefficient (Wildman–Crippen LogP) is 3.11. The first-order valence-corrected chi connectivity index (χ1v) is 8.26. The molecule has 4 aromatic rings. The van der Waals surface area contributed by atoms with Crippen LogP contribution in [0.4, 0.5) is 13.2 Å². The Kier molecular flexibility index (Phi) is 5.49. The number of esters is 1. The van der Waals surface area contributed by atoms with Gasteiger partial charge in [-0.2, -0.15) is 18.3 Å². The number of rotatable bonds is 3. The van der Waals surface area contributed by atoms with Gasteiger partial charge in [0.2, 0.25) is 0 Å². The minimum Gasteiger partial charge on any atom is -0.464 e. The molecule has 30 heavy (non-hydrogen) atoms. The summed E-state index contributed by atoms with van der Waals surface area (Å²) in [6.45, 7) is -1.49. The maximum absolute atomic E-state index is 13.1. The fraction of sp³-hybridized carbons (Fsp3) is 0.167. The summed E-state index contributed by atoms with van der Waals surface area (Å²) in [7, 11) is 1.19. The number of aromatic amines is 1.